The van der Waals surface area contributed by atoms with Crippen LogP contribution in [-0.2, 0) is 11.2 Å². The van der Waals surface area contributed by atoms with Gasteiger partial charge in [0.2, 0.25) is 0 Å². The summed E-state index contributed by atoms with van der Waals surface area (Å²) in [6.45, 7) is 2.24. The molecule has 2 fully saturated rings. The van der Waals surface area contributed by atoms with Crippen molar-refractivity contribution in [3.8, 4) is 5.75 Å². The van der Waals surface area contributed by atoms with Gasteiger partial charge in [0, 0.05) is 5.41 Å². The molecule has 0 amide bonds. The Labute approximate surface area is 167 Å². The van der Waals surface area contributed by atoms with Crippen LogP contribution in [0.1, 0.15) is 55.2 Å². The first-order valence-corrected chi connectivity index (χ1v) is 10.6. The van der Waals surface area contributed by atoms with Crippen molar-refractivity contribution in [1.82, 2.24) is 0 Å². The maximum atomic E-state index is 13.4. The van der Waals surface area contributed by atoms with Crippen molar-refractivity contribution < 1.29 is 9.53 Å². The minimum Gasteiger partial charge on any atom is -0.497 e. The highest BCUT2D eigenvalue weighted by molar-refractivity contribution is 6.06. The number of rotatable bonds is 2. The minimum absolute atomic E-state index is 0.175. The first kappa shape index (κ1) is 17.7. The molecule has 2 aromatic carbocycles. The van der Waals surface area contributed by atoms with E-state index in [1.54, 1.807) is 7.11 Å². The van der Waals surface area contributed by atoms with Gasteiger partial charge in [0.1, 0.15) is 5.75 Å². The van der Waals surface area contributed by atoms with E-state index in [4.69, 9.17) is 4.74 Å². The maximum Gasteiger partial charge on any atom is 0.165 e. The predicted octanol–water partition coefficient (Wildman–Crippen LogP) is 5.81. The number of aryl methyl sites for hydroxylation is 1. The zero-order valence-electron chi connectivity index (χ0n) is 16.8. The lowest BCUT2D eigenvalue weighted by Gasteiger charge is -2.48. The lowest BCUT2D eigenvalue weighted by atomic mass is 9.55. The molecule has 2 saturated carbocycles. The van der Waals surface area contributed by atoms with Crippen LogP contribution in [0.15, 0.2) is 54.1 Å². The summed E-state index contributed by atoms with van der Waals surface area (Å²) in [6.07, 6.45) is 7.51. The number of Topliss-reactive ketones (excluding diaryl/α,β-unsaturated/α-hetero) is 1. The van der Waals surface area contributed by atoms with Crippen LogP contribution in [0, 0.1) is 17.3 Å². The largest absolute Gasteiger partial charge is 0.497 e. The number of benzene rings is 2. The molecule has 4 atom stereocenters. The van der Waals surface area contributed by atoms with E-state index in [1.807, 2.05) is 18.2 Å². The fourth-order valence-electron chi connectivity index (χ4n) is 6.24. The van der Waals surface area contributed by atoms with Crippen LogP contribution in [0.2, 0.25) is 0 Å². The second-order valence-electron chi connectivity index (χ2n) is 9.05. The molecule has 0 unspecified atom stereocenters. The summed E-state index contributed by atoms with van der Waals surface area (Å²) >= 11 is 0. The molecule has 28 heavy (non-hydrogen) atoms. The van der Waals surface area contributed by atoms with Crippen molar-refractivity contribution in [3.05, 3.63) is 70.8 Å². The standard InChI is InChI=1S/C26H28O2/c1-26-13-12-22-21-11-9-20(28-2)15-18(21)8-10-23(22)24(26)16-19(25(26)27)14-17-6-4-3-5-7-17/h3-7,9,11,14-15,22-24H,8,10,12-13,16H2,1-2H3/b19-14+/t22-,23-,24-,26-/m0/s1. The average Bonchev–Trinajstić information content (AvgIpc) is 2.99. The summed E-state index contributed by atoms with van der Waals surface area (Å²) in [4.78, 5) is 13.4. The van der Waals surface area contributed by atoms with Gasteiger partial charge < -0.3 is 4.74 Å². The molecule has 3 aliphatic carbocycles. The van der Waals surface area contributed by atoms with Gasteiger partial charge in [-0.2, -0.15) is 0 Å². The fourth-order valence-corrected chi connectivity index (χ4v) is 6.24. The van der Waals surface area contributed by atoms with E-state index in [9.17, 15) is 4.79 Å². The Balaban J connectivity index is 1.48. The fraction of sp³-hybridized carbons (Fsp3) is 0.423. The van der Waals surface area contributed by atoms with E-state index < -0.39 is 0 Å². The van der Waals surface area contributed by atoms with Gasteiger partial charge >= 0.3 is 0 Å². The Morgan fingerprint density at radius 1 is 1.11 bits per heavy atom. The van der Waals surface area contributed by atoms with Gasteiger partial charge in [-0.25, -0.2) is 0 Å². The Morgan fingerprint density at radius 3 is 2.71 bits per heavy atom. The summed E-state index contributed by atoms with van der Waals surface area (Å²) in [7, 11) is 1.74. The van der Waals surface area contributed by atoms with E-state index >= 15 is 0 Å². The van der Waals surface area contributed by atoms with Crippen LogP contribution in [0.3, 0.4) is 0 Å². The highest BCUT2D eigenvalue weighted by atomic mass is 16.5. The SMILES string of the molecule is COc1ccc2c(c1)CC[C@H]1[C@H]2CC[C@]2(C)C(=O)/C(=C/c3ccccc3)C[C@@H]12. The quantitative estimate of drug-likeness (QED) is 0.622. The van der Waals surface area contributed by atoms with Crippen LogP contribution >= 0.6 is 0 Å². The van der Waals surface area contributed by atoms with Crippen molar-refractivity contribution in [3.63, 3.8) is 0 Å². The van der Waals surface area contributed by atoms with Crippen molar-refractivity contribution in [1.29, 1.82) is 0 Å². The summed E-state index contributed by atoms with van der Waals surface area (Å²) in [6, 6.07) is 16.9. The number of hydrogen-bond donors (Lipinski definition) is 0. The lowest BCUT2D eigenvalue weighted by Crippen LogP contribution is -2.42. The molecule has 2 nitrogen and oxygen atoms in total. The number of hydrogen-bond acceptors (Lipinski definition) is 2. The number of carbonyl (C=O) groups is 1. The summed E-state index contributed by atoms with van der Waals surface area (Å²) in [5.74, 6) is 3.05. The second-order valence-corrected chi connectivity index (χ2v) is 9.05. The second kappa shape index (κ2) is 6.62. The Bertz CT molecular complexity index is 942. The summed E-state index contributed by atoms with van der Waals surface area (Å²) < 4.78 is 5.43. The van der Waals surface area contributed by atoms with Crippen LogP contribution in [0.25, 0.3) is 6.08 Å². The molecule has 2 heteroatoms. The van der Waals surface area contributed by atoms with Gasteiger partial charge in [0.15, 0.2) is 5.78 Å². The highest BCUT2D eigenvalue weighted by Gasteiger charge is 2.56. The number of allylic oxidation sites excluding steroid dienone is 1. The molecular formula is C26H28O2. The summed E-state index contributed by atoms with van der Waals surface area (Å²) in [5, 5.41) is 0. The number of ether oxygens (including phenoxy) is 1. The third-order valence-corrected chi connectivity index (χ3v) is 7.71. The van der Waals surface area contributed by atoms with Gasteiger partial charge in [-0.1, -0.05) is 43.3 Å². The van der Waals surface area contributed by atoms with Gasteiger partial charge in [0.05, 0.1) is 7.11 Å². The molecule has 0 aliphatic heterocycles. The van der Waals surface area contributed by atoms with Gasteiger partial charge in [-0.05, 0) is 90.3 Å². The molecule has 0 radical (unpaired) electrons. The number of fused-ring (bicyclic) bond motifs is 5. The Morgan fingerprint density at radius 2 is 1.93 bits per heavy atom. The Hall–Kier alpha value is -2.35. The topological polar surface area (TPSA) is 26.3 Å². The molecule has 2 aromatic rings. The highest BCUT2D eigenvalue weighted by Crippen LogP contribution is 2.60. The molecule has 0 spiro atoms. The van der Waals surface area contributed by atoms with E-state index in [-0.39, 0.29) is 5.41 Å². The van der Waals surface area contributed by atoms with Crippen molar-refractivity contribution in [2.24, 2.45) is 17.3 Å². The minimum atomic E-state index is -0.175. The average molecular weight is 373 g/mol. The normalized spacial score (nSPS) is 32.6. The van der Waals surface area contributed by atoms with E-state index in [2.05, 4.69) is 43.3 Å². The lowest BCUT2D eigenvalue weighted by molar-refractivity contribution is -0.127. The molecule has 0 heterocycles. The maximum absolute atomic E-state index is 13.4. The Kier molecular flexibility index (Phi) is 4.19. The number of carbonyl (C=O) groups excluding carboxylic acids is 1. The molecule has 144 valence electrons. The molecule has 0 aromatic heterocycles. The zero-order valence-corrected chi connectivity index (χ0v) is 16.8. The van der Waals surface area contributed by atoms with Crippen molar-refractivity contribution in [2.75, 3.05) is 7.11 Å². The number of methoxy groups -OCH3 is 1. The van der Waals surface area contributed by atoms with Gasteiger partial charge in [-0.3, -0.25) is 4.79 Å². The van der Waals surface area contributed by atoms with Crippen molar-refractivity contribution in [2.45, 2.75) is 44.9 Å². The molecular weight excluding hydrogens is 344 g/mol. The third kappa shape index (κ3) is 2.65. The molecule has 3 aliphatic rings. The van der Waals surface area contributed by atoms with Crippen LogP contribution < -0.4 is 4.74 Å². The van der Waals surface area contributed by atoms with E-state index in [0.29, 0.717) is 23.5 Å². The summed E-state index contributed by atoms with van der Waals surface area (Å²) in [5.41, 5.74) is 4.97. The van der Waals surface area contributed by atoms with Crippen LogP contribution in [0.4, 0.5) is 0 Å². The van der Waals surface area contributed by atoms with Crippen LogP contribution in [0.5, 0.6) is 5.75 Å². The van der Waals surface area contributed by atoms with E-state index in [0.717, 1.165) is 42.6 Å². The predicted molar refractivity (Wildman–Crippen MR) is 112 cm³/mol. The van der Waals surface area contributed by atoms with Gasteiger partial charge in [0.25, 0.3) is 0 Å². The molecule has 0 N–H and O–H groups in total. The third-order valence-electron chi connectivity index (χ3n) is 7.71. The first-order chi connectivity index (χ1) is 13.6. The molecule has 5 rings (SSSR count). The molecule has 0 saturated heterocycles. The number of ketones is 1. The zero-order chi connectivity index (χ0) is 19.3. The smallest absolute Gasteiger partial charge is 0.165 e. The molecule has 0 bridgehead atoms. The monoisotopic (exact) mass is 372 g/mol. The first-order valence-electron chi connectivity index (χ1n) is 10.6. The van der Waals surface area contributed by atoms with E-state index in [1.165, 1.54) is 17.5 Å². The van der Waals surface area contributed by atoms with Crippen molar-refractivity contribution >= 4 is 11.9 Å². The van der Waals surface area contributed by atoms with Crippen LogP contribution in [-0.4, -0.2) is 12.9 Å². The van der Waals surface area contributed by atoms with Gasteiger partial charge in [-0.15, -0.1) is 0 Å².